The van der Waals surface area contributed by atoms with Crippen molar-refractivity contribution in [2.24, 2.45) is 0 Å². The highest BCUT2D eigenvalue weighted by atomic mass is 16.7. The van der Waals surface area contributed by atoms with Crippen LogP contribution in [0.15, 0.2) is 12.1 Å². The van der Waals surface area contributed by atoms with Gasteiger partial charge >= 0.3 is 0 Å². The van der Waals surface area contributed by atoms with Crippen molar-refractivity contribution < 1.29 is 9.47 Å². The molecule has 14 heavy (non-hydrogen) atoms. The van der Waals surface area contributed by atoms with Crippen LogP contribution in [0.3, 0.4) is 0 Å². The lowest BCUT2D eigenvalue weighted by atomic mass is 9.99. The SMILES string of the molecule is CN1CCc2ccc3c(c2C1)OCO3. The van der Waals surface area contributed by atoms with E-state index in [1.54, 1.807) is 0 Å². The molecule has 0 amide bonds. The molecule has 2 aliphatic rings. The number of benzene rings is 1. The van der Waals surface area contributed by atoms with E-state index in [9.17, 15) is 0 Å². The van der Waals surface area contributed by atoms with Gasteiger partial charge in [-0.1, -0.05) is 6.07 Å². The molecular formula is C11H13NO2. The summed E-state index contributed by atoms with van der Waals surface area (Å²) in [4.78, 5) is 2.31. The van der Waals surface area contributed by atoms with Crippen molar-refractivity contribution in [3.05, 3.63) is 23.3 Å². The average Bonchev–Trinajstić information content (AvgIpc) is 2.65. The second-order valence-electron chi connectivity index (χ2n) is 3.92. The van der Waals surface area contributed by atoms with Crippen LogP contribution in [-0.2, 0) is 13.0 Å². The van der Waals surface area contributed by atoms with Crippen molar-refractivity contribution in [1.29, 1.82) is 0 Å². The van der Waals surface area contributed by atoms with Crippen molar-refractivity contribution in [2.45, 2.75) is 13.0 Å². The summed E-state index contributed by atoms with van der Waals surface area (Å²) in [5, 5.41) is 0. The van der Waals surface area contributed by atoms with E-state index in [0.717, 1.165) is 31.0 Å². The fourth-order valence-corrected chi connectivity index (χ4v) is 2.14. The maximum Gasteiger partial charge on any atom is 0.231 e. The van der Waals surface area contributed by atoms with Crippen LogP contribution in [0.1, 0.15) is 11.1 Å². The topological polar surface area (TPSA) is 21.7 Å². The van der Waals surface area contributed by atoms with Gasteiger partial charge in [0.05, 0.1) is 0 Å². The molecule has 3 heteroatoms. The van der Waals surface area contributed by atoms with E-state index in [4.69, 9.17) is 9.47 Å². The first-order valence-corrected chi connectivity index (χ1v) is 4.93. The average molecular weight is 191 g/mol. The quantitative estimate of drug-likeness (QED) is 0.618. The normalized spacial score (nSPS) is 19.5. The number of nitrogens with zero attached hydrogens (tertiary/aromatic N) is 1. The van der Waals surface area contributed by atoms with Crippen molar-refractivity contribution in [3.63, 3.8) is 0 Å². The zero-order chi connectivity index (χ0) is 9.54. The monoisotopic (exact) mass is 191 g/mol. The second kappa shape index (κ2) is 2.89. The molecule has 1 aromatic carbocycles. The summed E-state index contributed by atoms with van der Waals surface area (Å²) in [7, 11) is 2.14. The minimum atomic E-state index is 0.371. The summed E-state index contributed by atoms with van der Waals surface area (Å²) < 4.78 is 10.9. The van der Waals surface area contributed by atoms with Gasteiger partial charge in [0.2, 0.25) is 6.79 Å². The first-order chi connectivity index (χ1) is 6.84. The zero-order valence-electron chi connectivity index (χ0n) is 8.25. The fourth-order valence-electron chi connectivity index (χ4n) is 2.14. The van der Waals surface area contributed by atoms with E-state index in [1.165, 1.54) is 11.1 Å². The molecule has 0 aliphatic carbocycles. The van der Waals surface area contributed by atoms with Crippen LogP contribution in [0.5, 0.6) is 11.5 Å². The lowest BCUT2D eigenvalue weighted by molar-refractivity contribution is 0.172. The lowest BCUT2D eigenvalue weighted by Gasteiger charge is -2.25. The molecule has 0 aromatic heterocycles. The molecule has 0 N–H and O–H groups in total. The first-order valence-electron chi connectivity index (χ1n) is 4.93. The molecule has 0 fully saturated rings. The highest BCUT2D eigenvalue weighted by Crippen LogP contribution is 2.39. The molecule has 74 valence electrons. The van der Waals surface area contributed by atoms with E-state index in [2.05, 4.69) is 18.0 Å². The van der Waals surface area contributed by atoms with Crippen LogP contribution < -0.4 is 9.47 Å². The molecule has 3 rings (SSSR count). The second-order valence-corrected chi connectivity index (χ2v) is 3.92. The largest absolute Gasteiger partial charge is 0.454 e. The molecule has 0 radical (unpaired) electrons. The maximum atomic E-state index is 5.50. The third-order valence-electron chi connectivity index (χ3n) is 2.93. The van der Waals surface area contributed by atoms with Gasteiger partial charge in [-0.2, -0.15) is 0 Å². The molecule has 3 nitrogen and oxygen atoms in total. The Morgan fingerprint density at radius 3 is 3.14 bits per heavy atom. The van der Waals surface area contributed by atoms with Gasteiger partial charge in [-0.15, -0.1) is 0 Å². The van der Waals surface area contributed by atoms with Gasteiger partial charge in [-0.25, -0.2) is 0 Å². The molecule has 0 unspecified atom stereocenters. The summed E-state index contributed by atoms with van der Waals surface area (Å²) in [6.07, 6.45) is 1.11. The minimum Gasteiger partial charge on any atom is -0.454 e. The van der Waals surface area contributed by atoms with Crippen molar-refractivity contribution in [2.75, 3.05) is 20.4 Å². The zero-order valence-corrected chi connectivity index (χ0v) is 8.25. The van der Waals surface area contributed by atoms with Gasteiger partial charge in [-0.3, -0.25) is 0 Å². The molecule has 1 aromatic rings. The van der Waals surface area contributed by atoms with Crippen molar-refractivity contribution in [1.82, 2.24) is 4.90 Å². The number of likely N-dealkylation sites (N-methyl/N-ethyl adjacent to an activating group) is 1. The Hall–Kier alpha value is -1.22. The predicted molar refractivity (Wildman–Crippen MR) is 52.6 cm³/mol. The van der Waals surface area contributed by atoms with Crippen molar-refractivity contribution in [3.8, 4) is 11.5 Å². The molecule has 2 heterocycles. The highest BCUT2D eigenvalue weighted by molar-refractivity contribution is 5.52. The molecule has 0 spiro atoms. The van der Waals surface area contributed by atoms with Crippen LogP contribution in [0.4, 0.5) is 0 Å². The number of rotatable bonds is 0. The van der Waals surface area contributed by atoms with Crippen LogP contribution in [0.2, 0.25) is 0 Å². The Morgan fingerprint density at radius 1 is 1.29 bits per heavy atom. The predicted octanol–water partition coefficient (Wildman–Crippen LogP) is 1.40. The van der Waals surface area contributed by atoms with Gasteiger partial charge in [0, 0.05) is 18.7 Å². The van der Waals surface area contributed by atoms with Gasteiger partial charge < -0.3 is 14.4 Å². The molecule has 0 atom stereocenters. The van der Waals surface area contributed by atoms with E-state index in [0.29, 0.717) is 6.79 Å². The number of ether oxygens (including phenoxy) is 2. The Balaban J connectivity index is 2.12. The van der Waals surface area contributed by atoms with Crippen LogP contribution in [-0.4, -0.2) is 25.3 Å². The molecule has 0 bridgehead atoms. The van der Waals surface area contributed by atoms with Gasteiger partial charge in [0.15, 0.2) is 11.5 Å². The maximum absolute atomic E-state index is 5.50. The van der Waals surface area contributed by atoms with E-state index < -0.39 is 0 Å². The van der Waals surface area contributed by atoms with Crippen LogP contribution in [0.25, 0.3) is 0 Å². The number of hydrogen-bond donors (Lipinski definition) is 0. The summed E-state index contributed by atoms with van der Waals surface area (Å²) in [6, 6.07) is 4.18. The molecule has 0 saturated heterocycles. The Labute approximate surface area is 83.2 Å². The Bertz CT molecular complexity index is 376. The lowest BCUT2D eigenvalue weighted by Crippen LogP contribution is -2.26. The highest BCUT2D eigenvalue weighted by Gasteiger charge is 2.23. The van der Waals surface area contributed by atoms with Crippen molar-refractivity contribution >= 4 is 0 Å². The minimum absolute atomic E-state index is 0.371. The van der Waals surface area contributed by atoms with E-state index >= 15 is 0 Å². The summed E-state index contributed by atoms with van der Waals surface area (Å²) in [5.74, 6) is 1.87. The molecular weight excluding hydrogens is 178 g/mol. The molecule has 2 aliphatic heterocycles. The fraction of sp³-hybridized carbons (Fsp3) is 0.455. The number of fused-ring (bicyclic) bond motifs is 3. The third-order valence-corrected chi connectivity index (χ3v) is 2.93. The Kier molecular flexibility index (Phi) is 1.67. The summed E-state index contributed by atoms with van der Waals surface area (Å²) in [5.41, 5.74) is 2.72. The smallest absolute Gasteiger partial charge is 0.231 e. The molecule has 0 saturated carbocycles. The summed E-state index contributed by atoms with van der Waals surface area (Å²) in [6.45, 7) is 2.48. The van der Waals surface area contributed by atoms with Gasteiger partial charge in [0.1, 0.15) is 0 Å². The third kappa shape index (κ3) is 1.09. The first kappa shape index (κ1) is 8.12. The number of hydrogen-bond acceptors (Lipinski definition) is 3. The van der Waals surface area contributed by atoms with Crippen LogP contribution in [0, 0.1) is 0 Å². The standard InChI is InChI=1S/C11H13NO2/c1-12-5-4-8-2-3-10-11(9(8)6-12)14-7-13-10/h2-3H,4-7H2,1H3. The van der Waals surface area contributed by atoms with Crippen LogP contribution >= 0.6 is 0 Å². The Morgan fingerprint density at radius 2 is 2.21 bits per heavy atom. The van der Waals surface area contributed by atoms with E-state index in [1.807, 2.05) is 6.07 Å². The summed E-state index contributed by atoms with van der Waals surface area (Å²) >= 11 is 0. The van der Waals surface area contributed by atoms with Gasteiger partial charge in [0.25, 0.3) is 0 Å². The van der Waals surface area contributed by atoms with Gasteiger partial charge in [-0.05, 0) is 25.1 Å². The van der Waals surface area contributed by atoms with E-state index in [-0.39, 0.29) is 0 Å².